The van der Waals surface area contributed by atoms with Gasteiger partial charge in [0.15, 0.2) is 0 Å². The third-order valence-corrected chi connectivity index (χ3v) is 3.65. The van der Waals surface area contributed by atoms with Crippen LogP contribution in [0.15, 0.2) is 0 Å². The molecule has 0 aromatic carbocycles. The first-order valence-electron chi connectivity index (χ1n) is 6.31. The summed E-state index contributed by atoms with van der Waals surface area (Å²) in [5.41, 5.74) is 0. The zero-order chi connectivity index (χ0) is 10.7. The molecule has 15 heavy (non-hydrogen) atoms. The average Bonchev–Trinajstić information content (AvgIpc) is 2.43. The lowest BCUT2D eigenvalue weighted by Crippen LogP contribution is -2.47. The maximum atomic E-state index is 10.0. The number of aliphatic hydroxyl groups is 1. The third-order valence-electron chi connectivity index (χ3n) is 3.65. The van der Waals surface area contributed by atoms with Crippen LogP contribution in [0.5, 0.6) is 0 Å². The summed E-state index contributed by atoms with van der Waals surface area (Å²) in [6.07, 6.45) is 5.92. The highest BCUT2D eigenvalue weighted by atomic mass is 16.5. The van der Waals surface area contributed by atoms with E-state index >= 15 is 0 Å². The molecule has 0 aromatic heterocycles. The first-order valence-corrected chi connectivity index (χ1v) is 6.31. The minimum absolute atomic E-state index is 0.107. The Morgan fingerprint density at radius 3 is 2.80 bits per heavy atom. The molecule has 2 fully saturated rings. The second-order valence-electron chi connectivity index (χ2n) is 4.95. The minimum Gasteiger partial charge on any atom is -0.391 e. The first kappa shape index (κ1) is 11.4. The second-order valence-corrected chi connectivity index (χ2v) is 4.95. The number of hydrogen-bond acceptors (Lipinski definition) is 3. The molecule has 1 aliphatic heterocycles. The molecule has 0 spiro atoms. The Hall–Kier alpha value is -0.120. The Bertz CT molecular complexity index is 198. The Balaban J connectivity index is 1.94. The van der Waals surface area contributed by atoms with Crippen LogP contribution in [-0.2, 0) is 4.74 Å². The van der Waals surface area contributed by atoms with Gasteiger partial charge in [0, 0.05) is 25.7 Å². The minimum atomic E-state index is -0.107. The molecular weight excluding hydrogens is 190 g/mol. The summed E-state index contributed by atoms with van der Waals surface area (Å²) in [4.78, 5) is 2.45. The zero-order valence-corrected chi connectivity index (χ0v) is 9.69. The standard InChI is InChI=1S/C12H23NO2/c1-10-9-13(7-4-8-15-10)11-5-2-3-6-12(11)14/h10-12,14H,2-9H2,1H3/t10?,11-,12-/m0/s1. The molecule has 0 amide bonds. The molecular formula is C12H23NO2. The molecule has 3 heteroatoms. The number of rotatable bonds is 1. The van der Waals surface area contributed by atoms with Crippen molar-refractivity contribution in [3.8, 4) is 0 Å². The summed E-state index contributed by atoms with van der Waals surface area (Å²) < 4.78 is 5.64. The number of hydrogen-bond donors (Lipinski definition) is 1. The fourth-order valence-electron chi connectivity index (χ4n) is 2.85. The summed E-state index contributed by atoms with van der Waals surface area (Å²) >= 11 is 0. The number of nitrogens with zero attached hydrogens (tertiary/aromatic N) is 1. The Kier molecular flexibility index (Phi) is 4.00. The van der Waals surface area contributed by atoms with Crippen LogP contribution in [0, 0.1) is 0 Å². The van der Waals surface area contributed by atoms with Gasteiger partial charge < -0.3 is 9.84 Å². The summed E-state index contributed by atoms with van der Waals surface area (Å²) in [5, 5.41) is 10.0. The van der Waals surface area contributed by atoms with Crippen molar-refractivity contribution < 1.29 is 9.84 Å². The molecule has 1 N–H and O–H groups in total. The Labute approximate surface area is 92.4 Å². The van der Waals surface area contributed by atoms with E-state index in [0.717, 1.165) is 39.0 Å². The molecule has 1 unspecified atom stereocenters. The van der Waals surface area contributed by atoms with E-state index in [9.17, 15) is 5.11 Å². The summed E-state index contributed by atoms with van der Waals surface area (Å²) in [6.45, 7) is 5.09. The normalized spacial score (nSPS) is 40.0. The summed E-state index contributed by atoms with van der Waals surface area (Å²) in [6, 6.07) is 0.392. The number of aliphatic hydroxyl groups excluding tert-OH is 1. The van der Waals surface area contributed by atoms with Gasteiger partial charge in [-0.2, -0.15) is 0 Å². The van der Waals surface area contributed by atoms with Crippen molar-refractivity contribution in [1.29, 1.82) is 0 Å². The van der Waals surface area contributed by atoms with E-state index in [-0.39, 0.29) is 6.10 Å². The highest BCUT2D eigenvalue weighted by molar-refractivity contribution is 4.84. The molecule has 1 heterocycles. The Morgan fingerprint density at radius 1 is 1.20 bits per heavy atom. The maximum Gasteiger partial charge on any atom is 0.0695 e. The Morgan fingerprint density at radius 2 is 2.00 bits per heavy atom. The molecule has 1 saturated carbocycles. The molecule has 3 atom stereocenters. The lowest BCUT2D eigenvalue weighted by atomic mass is 9.91. The highest BCUT2D eigenvalue weighted by Crippen LogP contribution is 2.24. The van der Waals surface area contributed by atoms with Crippen molar-refractivity contribution in [2.24, 2.45) is 0 Å². The van der Waals surface area contributed by atoms with Crippen molar-refractivity contribution in [3.63, 3.8) is 0 Å². The molecule has 1 saturated heterocycles. The van der Waals surface area contributed by atoms with E-state index < -0.39 is 0 Å². The highest BCUT2D eigenvalue weighted by Gasteiger charge is 2.30. The lowest BCUT2D eigenvalue weighted by molar-refractivity contribution is 0.00474. The van der Waals surface area contributed by atoms with Crippen LogP contribution < -0.4 is 0 Å². The van der Waals surface area contributed by atoms with Crippen LogP contribution >= 0.6 is 0 Å². The smallest absolute Gasteiger partial charge is 0.0695 e. The van der Waals surface area contributed by atoms with E-state index in [1.54, 1.807) is 0 Å². The van der Waals surface area contributed by atoms with Crippen molar-refractivity contribution in [1.82, 2.24) is 4.90 Å². The molecule has 88 valence electrons. The van der Waals surface area contributed by atoms with Gasteiger partial charge in [0.2, 0.25) is 0 Å². The predicted octanol–water partition coefficient (Wildman–Crippen LogP) is 1.40. The van der Waals surface area contributed by atoms with Crippen LogP contribution in [0.2, 0.25) is 0 Å². The fraction of sp³-hybridized carbons (Fsp3) is 1.00. The molecule has 0 radical (unpaired) electrons. The lowest BCUT2D eigenvalue weighted by Gasteiger charge is -2.37. The monoisotopic (exact) mass is 213 g/mol. The molecule has 2 aliphatic rings. The van der Waals surface area contributed by atoms with Gasteiger partial charge in [-0.25, -0.2) is 0 Å². The molecule has 0 aromatic rings. The molecule has 1 aliphatic carbocycles. The summed E-state index contributed by atoms with van der Waals surface area (Å²) in [5.74, 6) is 0. The third kappa shape index (κ3) is 2.92. The van der Waals surface area contributed by atoms with Gasteiger partial charge in [-0.05, 0) is 26.2 Å². The van der Waals surface area contributed by atoms with Gasteiger partial charge >= 0.3 is 0 Å². The largest absolute Gasteiger partial charge is 0.391 e. The van der Waals surface area contributed by atoms with Crippen LogP contribution in [0.25, 0.3) is 0 Å². The average molecular weight is 213 g/mol. The molecule has 0 bridgehead atoms. The van der Waals surface area contributed by atoms with Gasteiger partial charge in [-0.1, -0.05) is 12.8 Å². The van der Waals surface area contributed by atoms with Crippen molar-refractivity contribution in [3.05, 3.63) is 0 Å². The quantitative estimate of drug-likeness (QED) is 0.714. The van der Waals surface area contributed by atoms with Crippen LogP contribution in [0.1, 0.15) is 39.0 Å². The second kappa shape index (κ2) is 5.28. The summed E-state index contributed by atoms with van der Waals surface area (Å²) in [7, 11) is 0. The van der Waals surface area contributed by atoms with Gasteiger partial charge in [0.1, 0.15) is 0 Å². The van der Waals surface area contributed by atoms with Gasteiger partial charge in [-0.15, -0.1) is 0 Å². The van der Waals surface area contributed by atoms with E-state index in [1.165, 1.54) is 12.8 Å². The topological polar surface area (TPSA) is 32.7 Å². The van der Waals surface area contributed by atoms with E-state index in [2.05, 4.69) is 11.8 Å². The van der Waals surface area contributed by atoms with Gasteiger partial charge in [-0.3, -0.25) is 4.90 Å². The van der Waals surface area contributed by atoms with E-state index in [1.807, 2.05) is 0 Å². The molecule has 2 rings (SSSR count). The fourth-order valence-corrected chi connectivity index (χ4v) is 2.85. The van der Waals surface area contributed by atoms with E-state index in [0.29, 0.717) is 12.1 Å². The van der Waals surface area contributed by atoms with Crippen molar-refractivity contribution in [2.75, 3.05) is 19.7 Å². The molecule has 3 nitrogen and oxygen atoms in total. The van der Waals surface area contributed by atoms with Crippen molar-refractivity contribution in [2.45, 2.75) is 57.3 Å². The SMILES string of the molecule is CC1CN([C@H]2CCCC[C@@H]2O)CCCO1. The van der Waals surface area contributed by atoms with Crippen molar-refractivity contribution >= 4 is 0 Å². The van der Waals surface area contributed by atoms with Gasteiger partial charge in [0.25, 0.3) is 0 Å². The van der Waals surface area contributed by atoms with Crippen LogP contribution in [-0.4, -0.2) is 48.0 Å². The van der Waals surface area contributed by atoms with Gasteiger partial charge in [0.05, 0.1) is 12.2 Å². The van der Waals surface area contributed by atoms with E-state index in [4.69, 9.17) is 4.74 Å². The van der Waals surface area contributed by atoms with Crippen LogP contribution in [0.3, 0.4) is 0 Å². The number of ether oxygens (including phenoxy) is 1. The first-order chi connectivity index (χ1) is 7.27. The maximum absolute atomic E-state index is 10.0. The zero-order valence-electron chi connectivity index (χ0n) is 9.69. The van der Waals surface area contributed by atoms with Crippen LogP contribution in [0.4, 0.5) is 0 Å². The predicted molar refractivity (Wildman–Crippen MR) is 59.9 cm³/mol.